The van der Waals surface area contributed by atoms with Gasteiger partial charge in [0.15, 0.2) is 5.43 Å². The first kappa shape index (κ1) is 8.84. The molecule has 5 nitrogen and oxygen atoms in total. The molecule has 3 aromatic rings. The van der Waals surface area contributed by atoms with Crippen molar-refractivity contribution < 1.29 is 0 Å². The monoisotopic (exact) mass is 212 g/mol. The van der Waals surface area contributed by atoms with E-state index in [1.165, 1.54) is 0 Å². The molecule has 0 spiro atoms. The van der Waals surface area contributed by atoms with Gasteiger partial charge in [-0.3, -0.25) is 4.79 Å². The molecule has 0 unspecified atom stereocenters. The van der Waals surface area contributed by atoms with Crippen LogP contribution in [-0.4, -0.2) is 15.0 Å². The number of hydrogen-bond acceptors (Lipinski definition) is 4. The number of nitrogens with zero attached hydrogens (tertiary/aromatic N) is 2. The Morgan fingerprint density at radius 3 is 2.81 bits per heavy atom. The van der Waals surface area contributed by atoms with Gasteiger partial charge in [-0.25, -0.2) is 9.97 Å². The lowest BCUT2D eigenvalue weighted by molar-refractivity contribution is 1.27. The number of aromatic nitrogens is 3. The van der Waals surface area contributed by atoms with Crippen LogP contribution in [0.2, 0.25) is 0 Å². The zero-order valence-corrected chi connectivity index (χ0v) is 8.27. The molecule has 0 aliphatic heterocycles. The topological polar surface area (TPSA) is 84.7 Å². The Morgan fingerprint density at radius 1 is 1.12 bits per heavy atom. The van der Waals surface area contributed by atoms with E-state index in [4.69, 9.17) is 5.73 Å². The molecule has 0 aromatic carbocycles. The van der Waals surface area contributed by atoms with Crippen LogP contribution in [0.25, 0.3) is 22.1 Å². The third-order valence-corrected chi connectivity index (χ3v) is 2.45. The number of fused-ring (bicyclic) bond motifs is 2. The summed E-state index contributed by atoms with van der Waals surface area (Å²) in [5.74, 6) is 0.374. The molecule has 0 atom stereocenters. The highest BCUT2D eigenvalue weighted by Gasteiger charge is 2.06. The summed E-state index contributed by atoms with van der Waals surface area (Å²) >= 11 is 0. The maximum Gasteiger partial charge on any atom is 0.200 e. The number of nitrogens with two attached hydrogens (primary N) is 1. The average Bonchev–Trinajstić information content (AvgIpc) is 2.29. The lowest BCUT2D eigenvalue weighted by atomic mass is 10.2. The number of anilines is 1. The quantitative estimate of drug-likeness (QED) is 0.545. The summed E-state index contributed by atoms with van der Waals surface area (Å²) in [6, 6.07) is 6.74. The van der Waals surface area contributed by atoms with Crippen LogP contribution in [0.5, 0.6) is 0 Å². The summed E-state index contributed by atoms with van der Waals surface area (Å²) in [7, 11) is 0. The van der Waals surface area contributed by atoms with Crippen LogP contribution in [-0.2, 0) is 0 Å². The molecule has 0 radical (unpaired) electrons. The van der Waals surface area contributed by atoms with E-state index < -0.39 is 0 Å². The lowest BCUT2D eigenvalue weighted by Crippen LogP contribution is -2.06. The van der Waals surface area contributed by atoms with E-state index in [1.807, 2.05) is 0 Å². The highest BCUT2D eigenvalue weighted by Crippen LogP contribution is 2.11. The molecule has 5 heteroatoms. The van der Waals surface area contributed by atoms with Crippen LogP contribution < -0.4 is 11.2 Å². The van der Waals surface area contributed by atoms with Crippen molar-refractivity contribution in [2.45, 2.75) is 0 Å². The van der Waals surface area contributed by atoms with Crippen LogP contribution in [0.1, 0.15) is 0 Å². The third-order valence-electron chi connectivity index (χ3n) is 2.45. The predicted molar refractivity (Wildman–Crippen MR) is 62.1 cm³/mol. The Morgan fingerprint density at radius 2 is 1.94 bits per heavy atom. The molecular formula is C11H8N4O. The summed E-state index contributed by atoms with van der Waals surface area (Å²) in [4.78, 5) is 23.2. The Hall–Kier alpha value is -2.43. The standard InChI is InChI=1S/C11H8N4O/c12-8-4-3-7-9(16)6-2-1-5-13-10(6)15-11(7)14-8/h1-5H,(H3,12,13,14,15,16). The van der Waals surface area contributed by atoms with Crippen LogP contribution in [0.3, 0.4) is 0 Å². The van der Waals surface area contributed by atoms with E-state index in [0.717, 1.165) is 0 Å². The summed E-state index contributed by atoms with van der Waals surface area (Å²) in [5.41, 5.74) is 6.48. The second-order valence-electron chi connectivity index (χ2n) is 3.49. The number of aromatic amines is 1. The molecule has 3 N–H and O–H groups in total. The van der Waals surface area contributed by atoms with Gasteiger partial charge >= 0.3 is 0 Å². The smallest absolute Gasteiger partial charge is 0.200 e. The Kier molecular flexibility index (Phi) is 1.67. The van der Waals surface area contributed by atoms with Crippen LogP contribution >= 0.6 is 0 Å². The first-order chi connectivity index (χ1) is 7.75. The Bertz CT molecular complexity index is 748. The van der Waals surface area contributed by atoms with Gasteiger partial charge in [0.05, 0.1) is 10.8 Å². The van der Waals surface area contributed by atoms with E-state index in [9.17, 15) is 4.79 Å². The van der Waals surface area contributed by atoms with Gasteiger partial charge < -0.3 is 10.7 Å². The first-order valence-corrected chi connectivity index (χ1v) is 4.79. The van der Waals surface area contributed by atoms with E-state index in [-0.39, 0.29) is 5.43 Å². The number of H-pyrrole nitrogens is 1. The van der Waals surface area contributed by atoms with E-state index >= 15 is 0 Å². The fourth-order valence-corrected chi connectivity index (χ4v) is 1.70. The number of hydrogen-bond donors (Lipinski definition) is 2. The summed E-state index contributed by atoms with van der Waals surface area (Å²) in [6.45, 7) is 0. The minimum atomic E-state index is -0.0793. The molecule has 3 heterocycles. The second-order valence-corrected chi connectivity index (χ2v) is 3.49. The Labute approximate surface area is 90.0 Å². The second kappa shape index (κ2) is 3.03. The minimum Gasteiger partial charge on any atom is -0.384 e. The van der Waals surface area contributed by atoms with Gasteiger partial charge in [-0.05, 0) is 24.3 Å². The van der Waals surface area contributed by atoms with Gasteiger partial charge in [0, 0.05) is 6.20 Å². The molecule has 0 bridgehead atoms. The number of rotatable bonds is 0. The predicted octanol–water partition coefficient (Wildman–Crippen LogP) is 1.05. The molecule has 0 amide bonds. The highest BCUT2D eigenvalue weighted by atomic mass is 16.1. The van der Waals surface area contributed by atoms with Crippen molar-refractivity contribution in [2.24, 2.45) is 0 Å². The normalized spacial score (nSPS) is 11.0. The molecule has 0 fully saturated rings. The highest BCUT2D eigenvalue weighted by molar-refractivity contribution is 5.89. The number of pyridine rings is 3. The van der Waals surface area contributed by atoms with Crippen molar-refractivity contribution >= 4 is 27.9 Å². The van der Waals surface area contributed by atoms with E-state index in [0.29, 0.717) is 27.9 Å². The van der Waals surface area contributed by atoms with Crippen molar-refractivity contribution in [2.75, 3.05) is 5.73 Å². The molecular weight excluding hydrogens is 204 g/mol. The molecule has 3 rings (SSSR count). The van der Waals surface area contributed by atoms with Crippen LogP contribution in [0, 0.1) is 0 Å². The van der Waals surface area contributed by atoms with Gasteiger partial charge in [0.25, 0.3) is 0 Å². The van der Waals surface area contributed by atoms with Crippen molar-refractivity contribution in [1.29, 1.82) is 0 Å². The Balaban J connectivity index is 2.61. The summed E-state index contributed by atoms with van der Waals surface area (Å²) in [5, 5.41) is 1.08. The van der Waals surface area contributed by atoms with Gasteiger partial charge in [0.2, 0.25) is 0 Å². The molecule has 78 valence electrons. The zero-order valence-electron chi connectivity index (χ0n) is 8.27. The maximum atomic E-state index is 12.1. The first-order valence-electron chi connectivity index (χ1n) is 4.79. The van der Waals surface area contributed by atoms with Crippen LogP contribution in [0.4, 0.5) is 5.82 Å². The van der Waals surface area contributed by atoms with Gasteiger partial charge in [0.1, 0.15) is 17.1 Å². The molecule has 16 heavy (non-hydrogen) atoms. The molecule has 0 aliphatic rings. The lowest BCUT2D eigenvalue weighted by Gasteiger charge is -2.01. The molecule has 0 aliphatic carbocycles. The fourth-order valence-electron chi connectivity index (χ4n) is 1.70. The summed E-state index contributed by atoms with van der Waals surface area (Å²) in [6.07, 6.45) is 1.62. The zero-order chi connectivity index (χ0) is 11.1. The molecule has 0 saturated carbocycles. The molecule has 0 saturated heterocycles. The van der Waals surface area contributed by atoms with Gasteiger partial charge in [-0.1, -0.05) is 0 Å². The van der Waals surface area contributed by atoms with E-state index in [2.05, 4.69) is 15.0 Å². The maximum absolute atomic E-state index is 12.1. The molecule has 3 aromatic heterocycles. The van der Waals surface area contributed by atoms with Crippen molar-refractivity contribution in [3.8, 4) is 0 Å². The van der Waals surface area contributed by atoms with Crippen LogP contribution in [0.15, 0.2) is 35.3 Å². The van der Waals surface area contributed by atoms with Gasteiger partial charge in [-0.15, -0.1) is 0 Å². The van der Waals surface area contributed by atoms with Crippen molar-refractivity contribution in [1.82, 2.24) is 15.0 Å². The van der Waals surface area contributed by atoms with Gasteiger partial charge in [-0.2, -0.15) is 0 Å². The third kappa shape index (κ3) is 1.15. The average molecular weight is 212 g/mol. The van der Waals surface area contributed by atoms with Crippen molar-refractivity contribution in [3.05, 3.63) is 40.7 Å². The fraction of sp³-hybridized carbons (Fsp3) is 0. The minimum absolute atomic E-state index is 0.0793. The number of nitrogen functional groups attached to an aromatic ring is 1. The SMILES string of the molecule is Nc1ccc2c(=O)c3cccnc3[nH]c2n1. The van der Waals surface area contributed by atoms with Crippen molar-refractivity contribution in [3.63, 3.8) is 0 Å². The largest absolute Gasteiger partial charge is 0.384 e. The number of nitrogens with one attached hydrogen (secondary N) is 1. The summed E-state index contributed by atoms with van der Waals surface area (Å²) < 4.78 is 0. The van der Waals surface area contributed by atoms with E-state index in [1.54, 1.807) is 30.5 Å².